The zero-order valence-electron chi connectivity index (χ0n) is 7.59. The summed E-state index contributed by atoms with van der Waals surface area (Å²) in [5.74, 6) is -0.466. The molecule has 1 heterocycles. The summed E-state index contributed by atoms with van der Waals surface area (Å²) in [7, 11) is 0. The van der Waals surface area contributed by atoms with Crippen molar-refractivity contribution < 1.29 is 18.7 Å². The fourth-order valence-corrected chi connectivity index (χ4v) is 0.823. The molecule has 1 aliphatic heterocycles. The third-order valence-electron chi connectivity index (χ3n) is 1.24. The van der Waals surface area contributed by atoms with Crippen LogP contribution in [0, 0.1) is 0 Å². The van der Waals surface area contributed by atoms with Gasteiger partial charge in [-0.2, -0.15) is 0 Å². The first-order chi connectivity index (χ1) is 6.13. The van der Waals surface area contributed by atoms with Crippen LogP contribution in [-0.4, -0.2) is 30.9 Å². The Morgan fingerprint density at radius 1 is 1.62 bits per heavy atom. The molecule has 0 aromatic heterocycles. The molecule has 1 saturated heterocycles. The molecule has 78 valence electrons. The lowest BCUT2D eigenvalue weighted by atomic mass is 10.4. The third-order valence-corrected chi connectivity index (χ3v) is 1.50. The van der Waals surface area contributed by atoms with E-state index in [0.717, 1.165) is 13.2 Å². The van der Waals surface area contributed by atoms with Gasteiger partial charge in [-0.05, 0) is 28.8 Å². The lowest BCUT2D eigenvalue weighted by Crippen LogP contribution is -2.06. The van der Waals surface area contributed by atoms with Gasteiger partial charge in [0.25, 0.3) is 0 Å². The van der Waals surface area contributed by atoms with E-state index in [1.807, 2.05) is 0 Å². The van der Waals surface area contributed by atoms with E-state index < -0.39 is 11.1 Å². The second-order valence-corrected chi connectivity index (χ2v) is 3.51. The van der Waals surface area contributed by atoms with Crippen LogP contribution >= 0.6 is 15.9 Å². The van der Waals surface area contributed by atoms with E-state index in [2.05, 4.69) is 20.7 Å². The van der Waals surface area contributed by atoms with E-state index in [1.165, 1.54) is 19.8 Å². The van der Waals surface area contributed by atoms with E-state index in [9.17, 15) is 9.18 Å². The molecule has 0 bridgehead atoms. The van der Waals surface area contributed by atoms with Gasteiger partial charge in [-0.25, -0.2) is 4.39 Å². The molecule has 1 unspecified atom stereocenters. The van der Waals surface area contributed by atoms with Gasteiger partial charge in [0.05, 0.1) is 0 Å². The first kappa shape index (κ1) is 12.8. The highest BCUT2D eigenvalue weighted by Gasteiger charge is 2.00. The van der Waals surface area contributed by atoms with Crippen molar-refractivity contribution in [3.8, 4) is 0 Å². The monoisotopic (exact) mass is 256 g/mol. The Balaban J connectivity index is 0.000000243. The van der Waals surface area contributed by atoms with E-state index in [1.54, 1.807) is 0 Å². The molecule has 0 saturated carbocycles. The minimum Gasteiger partial charge on any atom is -0.462 e. The number of rotatable bonds is 2. The molecule has 0 amide bonds. The maximum Gasteiger partial charge on any atom is 0.302 e. The molecule has 3 nitrogen and oxygen atoms in total. The lowest BCUT2D eigenvalue weighted by molar-refractivity contribution is -0.141. The van der Waals surface area contributed by atoms with E-state index in [-0.39, 0.29) is 6.61 Å². The molecular weight excluding hydrogens is 243 g/mol. The maximum atomic E-state index is 11.7. The van der Waals surface area contributed by atoms with Crippen LogP contribution in [0.2, 0.25) is 0 Å². The van der Waals surface area contributed by atoms with Crippen LogP contribution in [0.3, 0.4) is 0 Å². The predicted molar refractivity (Wildman–Crippen MR) is 50.5 cm³/mol. The molecule has 13 heavy (non-hydrogen) atoms. The lowest BCUT2D eigenvalue weighted by Gasteiger charge is -1.98. The van der Waals surface area contributed by atoms with Crippen molar-refractivity contribution >= 4 is 21.9 Å². The van der Waals surface area contributed by atoms with Gasteiger partial charge in [-0.1, -0.05) is 0 Å². The summed E-state index contributed by atoms with van der Waals surface area (Å²) >= 11 is 2.56. The minimum atomic E-state index is -1.24. The second-order valence-electron chi connectivity index (χ2n) is 2.51. The summed E-state index contributed by atoms with van der Waals surface area (Å²) in [4.78, 5) is 9.94. The fourth-order valence-electron chi connectivity index (χ4n) is 0.691. The quantitative estimate of drug-likeness (QED) is 0.561. The van der Waals surface area contributed by atoms with Gasteiger partial charge < -0.3 is 9.47 Å². The SMILES string of the molecule is C1CCOC1.CC(=O)OCC(F)Br. The summed E-state index contributed by atoms with van der Waals surface area (Å²) in [6.45, 7) is 3.02. The standard InChI is InChI=1S/C4H6BrFO2.C4H8O/c1-3(7)8-2-4(5)6;1-2-4-5-3-1/h4H,2H2,1H3;1-4H2. The Morgan fingerprint density at radius 2 is 2.15 bits per heavy atom. The summed E-state index contributed by atoms with van der Waals surface area (Å²) in [6, 6.07) is 0. The van der Waals surface area contributed by atoms with Gasteiger partial charge >= 0.3 is 5.97 Å². The topological polar surface area (TPSA) is 35.5 Å². The van der Waals surface area contributed by atoms with Crippen molar-refractivity contribution in [1.29, 1.82) is 0 Å². The first-order valence-electron chi connectivity index (χ1n) is 4.12. The predicted octanol–water partition coefficient (Wildman–Crippen LogP) is 2.04. The molecule has 0 N–H and O–H groups in total. The van der Waals surface area contributed by atoms with Gasteiger partial charge in [-0.3, -0.25) is 4.79 Å². The molecule has 1 atom stereocenters. The van der Waals surface area contributed by atoms with Crippen LogP contribution in [0.1, 0.15) is 19.8 Å². The van der Waals surface area contributed by atoms with Gasteiger partial charge in [0, 0.05) is 20.1 Å². The third kappa shape index (κ3) is 11.8. The van der Waals surface area contributed by atoms with Crippen molar-refractivity contribution in [2.24, 2.45) is 0 Å². The van der Waals surface area contributed by atoms with E-state index in [4.69, 9.17) is 4.74 Å². The first-order valence-corrected chi connectivity index (χ1v) is 5.03. The van der Waals surface area contributed by atoms with E-state index in [0.29, 0.717) is 0 Å². The van der Waals surface area contributed by atoms with Crippen molar-refractivity contribution in [2.75, 3.05) is 19.8 Å². The smallest absolute Gasteiger partial charge is 0.302 e. The average molecular weight is 257 g/mol. The maximum absolute atomic E-state index is 11.7. The van der Waals surface area contributed by atoms with Crippen LogP contribution in [-0.2, 0) is 14.3 Å². The molecule has 0 radical (unpaired) electrons. The molecule has 1 rings (SSSR count). The molecule has 0 aromatic rings. The Labute approximate surface area is 85.7 Å². The molecule has 0 aliphatic carbocycles. The van der Waals surface area contributed by atoms with Crippen LogP contribution in [0.25, 0.3) is 0 Å². The number of carbonyl (C=O) groups is 1. The van der Waals surface area contributed by atoms with Crippen molar-refractivity contribution in [3.05, 3.63) is 0 Å². The highest BCUT2D eigenvalue weighted by Crippen LogP contribution is 1.99. The largest absolute Gasteiger partial charge is 0.462 e. The highest BCUT2D eigenvalue weighted by atomic mass is 79.9. The summed E-state index contributed by atoms with van der Waals surface area (Å²) in [5, 5.41) is -1.24. The molecule has 1 fully saturated rings. The number of alkyl halides is 2. The van der Waals surface area contributed by atoms with Gasteiger partial charge in [0.15, 0.2) is 5.08 Å². The Morgan fingerprint density at radius 3 is 2.31 bits per heavy atom. The van der Waals surface area contributed by atoms with Gasteiger partial charge in [0.1, 0.15) is 6.61 Å². The Kier molecular flexibility index (Phi) is 8.33. The van der Waals surface area contributed by atoms with Crippen molar-refractivity contribution in [3.63, 3.8) is 0 Å². The Hall–Kier alpha value is -0.160. The number of halogens is 2. The highest BCUT2D eigenvalue weighted by molar-refractivity contribution is 9.09. The summed E-state index contributed by atoms with van der Waals surface area (Å²) in [5.41, 5.74) is 0. The number of hydrogen-bond donors (Lipinski definition) is 0. The average Bonchev–Trinajstić information content (AvgIpc) is 2.57. The van der Waals surface area contributed by atoms with Crippen LogP contribution in [0.15, 0.2) is 0 Å². The normalized spacial score (nSPS) is 17.2. The second kappa shape index (κ2) is 8.44. The zero-order valence-corrected chi connectivity index (χ0v) is 9.18. The number of ether oxygens (including phenoxy) is 2. The molecule has 0 spiro atoms. The molecule has 5 heteroatoms. The molecule has 0 aromatic carbocycles. The van der Waals surface area contributed by atoms with Crippen molar-refractivity contribution in [2.45, 2.75) is 24.8 Å². The molecule has 1 aliphatic rings. The number of hydrogen-bond acceptors (Lipinski definition) is 3. The fraction of sp³-hybridized carbons (Fsp3) is 0.875. The number of carbonyl (C=O) groups excluding carboxylic acids is 1. The number of esters is 1. The van der Waals surface area contributed by atoms with Gasteiger partial charge in [0.2, 0.25) is 0 Å². The van der Waals surface area contributed by atoms with Crippen molar-refractivity contribution in [1.82, 2.24) is 0 Å². The minimum absolute atomic E-state index is 0.213. The molecular formula is C8H14BrFO3. The van der Waals surface area contributed by atoms with Crippen LogP contribution in [0.4, 0.5) is 4.39 Å². The van der Waals surface area contributed by atoms with Crippen LogP contribution < -0.4 is 0 Å². The zero-order chi connectivity index (χ0) is 10.1. The van der Waals surface area contributed by atoms with Crippen LogP contribution in [0.5, 0.6) is 0 Å². The van der Waals surface area contributed by atoms with Gasteiger partial charge in [-0.15, -0.1) is 0 Å². The Bertz CT molecular complexity index is 130. The van der Waals surface area contributed by atoms with E-state index >= 15 is 0 Å². The summed E-state index contributed by atoms with van der Waals surface area (Å²) < 4.78 is 20.9. The summed E-state index contributed by atoms with van der Waals surface area (Å²) in [6.07, 6.45) is 2.56.